The molecule has 0 heterocycles. The van der Waals surface area contributed by atoms with Gasteiger partial charge in [0.15, 0.2) is 0 Å². The molecule has 16 heavy (non-hydrogen) atoms. The summed E-state index contributed by atoms with van der Waals surface area (Å²) in [7, 11) is 0. The predicted molar refractivity (Wildman–Crippen MR) is 66.4 cm³/mol. The van der Waals surface area contributed by atoms with E-state index in [0.717, 1.165) is 16.9 Å². The van der Waals surface area contributed by atoms with Gasteiger partial charge in [0.1, 0.15) is 12.4 Å². The van der Waals surface area contributed by atoms with Crippen LogP contribution in [0.1, 0.15) is 16.7 Å². The van der Waals surface area contributed by atoms with Crippen LogP contribution in [0.3, 0.4) is 0 Å². The third-order valence-electron chi connectivity index (χ3n) is 2.63. The fraction of sp³-hybridized carbons (Fsp3) is 0.133. The average molecular weight is 211 g/mol. The molecule has 0 bridgehead atoms. The van der Waals surface area contributed by atoms with Gasteiger partial charge in [0.25, 0.3) is 0 Å². The first-order chi connectivity index (χ1) is 7.77. The average Bonchev–Trinajstić information content (AvgIpc) is 2.32. The van der Waals surface area contributed by atoms with E-state index in [1.807, 2.05) is 43.3 Å². The van der Waals surface area contributed by atoms with Crippen LogP contribution in [0, 0.1) is 13.8 Å². The van der Waals surface area contributed by atoms with Gasteiger partial charge in [-0.3, -0.25) is 0 Å². The molecule has 0 atom stereocenters. The normalized spacial score (nSPS) is 10.1. The standard InChI is InChI=1S/C15H15O/c1-12-7-6-10-15(13(12)2)16-11-14-8-4-3-5-9-14/h3-10H,1,11H2,2H3. The highest BCUT2D eigenvalue weighted by Gasteiger charge is 2.01. The molecule has 0 aliphatic heterocycles. The van der Waals surface area contributed by atoms with Gasteiger partial charge < -0.3 is 4.74 Å². The van der Waals surface area contributed by atoms with E-state index < -0.39 is 0 Å². The van der Waals surface area contributed by atoms with Gasteiger partial charge >= 0.3 is 0 Å². The van der Waals surface area contributed by atoms with Crippen LogP contribution in [0.15, 0.2) is 48.5 Å². The summed E-state index contributed by atoms with van der Waals surface area (Å²) in [5, 5.41) is 0. The van der Waals surface area contributed by atoms with E-state index in [-0.39, 0.29) is 0 Å². The molecule has 0 saturated carbocycles. The molecule has 0 amide bonds. The second-order valence-electron chi connectivity index (χ2n) is 3.81. The number of hydrogen-bond donors (Lipinski definition) is 0. The quantitative estimate of drug-likeness (QED) is 0.751. The first-order valence-electron chi connectivity index (χ1n) is 5.35. The molecule has 0 saturated heterocycles. The Morgan fingerprint density at radius 2 is 1.75 bits per heavy atom. The number of rotatable bonds is 3. The lowest BCUT2D eigenvalue weighted by molar-refractivity contribution is 0.304. The van der Waals surface area contributed by atoms with Gasteiger partial charge in [-0.2, -0.15) is 0 Å². The van der Waals surface area contributed by atoms with Crippen LogP contribution in [0.4, 0.5) is 0 Å². The molecule has 0 aliphatic carbocycles. The minimum absolute atomic E-state index is 0.602. The molecule has 0 aromatic heterocycles. The minimum Gasteiger partial charge on any atom is -0.489 e. The van der Waals surface area contributed by atoms with Crippen LogP contribution in [0.25, 0.3) is 0 Å². The van der Waals surface area contributed by atoms with Crippen molar-refractivity contribution in [2.45, 2.75) is 13.5 Å². The maximum Gasteiger partial charge on any atom is 0.122 e. The summed E-state index contributed by atoms with van der Waals surface area (Å²) in [6, 6.07) is 16.1. The SMILES string of the molecule is [CH2]c1cccc(OCc2ccccc2)c1C. The molecule has 2 aromatic rings. The topological polar surface area (TPSA) is 9.23 Å². The van der Waals surface area contributed by atoms with E-state index in [1.54, 1.807) is 0 Å². The van der Waals surface area contributed by atoms with Crippen molar-refractivity contribution in [2.24, 2.45) is 0 Å². The molecule has 1 heteroatoms. The van der Waals surface area contributed by atoms with Crippen molar-refractivity contribution in [1.29, 1.82) is 0 Å². The van der Waals surface area contributed by atoms with Gasteiger partial charge in [0.2, 0.25) is 0 Å². The Labute approximate surface area is 96.7 Å². The van der Waals surface area contributed by atoms with Crippen molar-refractivity contribution < 1.29 is 4.74 Å². The second-order valence-corrected chi connectivity index (χ2v) is 3.81. The summed E-state index contributed by atoms with van der Waals surface area (Å²) in [4.78, 5) is 0. The highest BCUT2D eigenvalue weighted by Crippen LogP contribution is 2.21. The fourth-order valence-electron chi connectivity index (χ4n) is 1.55. The lowest BCUT2D eigenvalue weighted by atomic mass is 10.1. The molecule has 2 rings (SSSR count). The van der Waals surface area contributed by atoms with Crippen molar-refractivity contribution in [3.8, 4) is 5.75 Å². The molecule has 0 aliphatic rings. The largest absolute Gasteiger partial charge is 0.489 e. The first kappa shape index (κ1) is 10.7. The maximum atomic E-state index is 5.76. The van der Waals surface area contributed by atoms with Gasteiger partial charge in [0, 0.05) is 0 Å². The number of ether oxygens (including phenoxy) is 1. The molecule has 1 nitrogen and oxygen atoms in total. The van der Waals surface area contributed by atoms with Gasteiger partial charge in [0.05, 0.1) is 0 Å². The molecule has 0 unspecified atom stereocenters. The van der Waals surface area contributed by atoms with Crippen LogP contribution >= 0.6 is 0 Å². The Hall–Kier alpha value is -1.76. The third kappa shape index (κ3) is 2.43. The summed E-state index contributed by atoms with van der Waals surface area (Å²) >= 11 is 0. The monoisotopic (exact) mass is 211 g/mol. The molecule has 81 valence electrons. The number of benzene rings is 2. The molecular weight excluding hydrogens is 196 g/mol. The van der Waals surface area contributed by atoms with Crippen LogP contribution in [0.5, 0.6) is 5.75 Å². The van der Waals surface area contributed by atoms with Gasteiger partial charge in [-0.1, -0.05) is 42.5 Å². The van der Waals surface area contributed by atoms with Crippen LogP contribution in [0.2, 0.25) is 0 Å². The Kier molecular flexibility index (Phi) is 3.25. The molecule has 0 spiro atoms. The van der Waals surface area contributed by atoms with Crippen LogP contribution in [-0.4, -0.2) is 0 Å². The van der Waals surface area contributed by atoms with Crippen molar-refractivity contribution in [3.05, 3.63) is 72.1 Å². The molecular formula is C15H15O. The maximum absolute atomic E-state index is 5.76. The molecule has 0 N–H and O–H groups in total. The molecule has 0 fully saturated rings. The zero-order valence-electron chi connectivity index (χ0n) is 9.44. The van der Waals surface area contributed by atoms with E-state index in [2.05, 4.69) is 19.1 Å². The van der Waals surface area contributed by atoms with Crippen LogP contribution in [-0.2, 0) is 6.61 Å². The highest BCUT2D eigenvalue weighted by atomic mass is 16.5. The summed E-state index contributed by atoms with van der Waals surface area (Å²) in [5.41, 5.74) is 3.31. The lowest BCUT2D eigenvalue weighted by Crippen LogP contribution is -1.97. The van der Waals surface area contributed by atoms with E-state index >= 15 is 0 Å². The van der Waals surface area contributed by atoms with Gasteiger partial charge in [-0.15, -0.1) is 0 Å². The zero-order valence-corrected chi connectivity index (χ0v) is 9.44. The van der Waals surface area contributed by atoms with Crippen molar-refractivity contribution in [3.63, 3.8) is 0 Å². The van der Waals surface area contributed by atoms with Crippen molar-refractivity contribution in [2.75, 3.05) is 0 Å². The molecule has 2 aromatic carbocycles. The van der Waals surface area contributed by atoms with Crippen molar-refractivity contribution >= 4 is 0 Å². The van der Waals surface area contributed by atoms with Crippen molar-refractivity contribution in [1.82, 2.24) is 0 Å². The Bertz CT molecular complexity index is 460. The Balaban J connectivity index is 2.08. The van der Waals surface area contributed by atoms with Gasteiger partial charge in [-0.05, 0) is 36.6 Å². The van der Waals surface area contributed by atoms with E-state index in [9.17, 15) is 0 Å². The van der Waals surface area contributed by atoms with E-state index in [0.29, 0.717) is 6.61 Å². The third-order valence-corrected chi connectivity index (χ3v) is 2.63. The lowest BCUT2D eigenvalue weighted by Gasteiger charge is -2.10. The number of hydrogen-bond acceptors (Lipinski definition) is 1. The second kappa shape index (κ2) is 4.84. The minimum atomic E-state index is 0.602. The highest BCUT2D eigenvalue weighted by molar-refractivity contribution is 5.40. The Morgan fingerprint density at radius 1 is 1.00 bits per heavy atom. The van der Waals surface area contributed by atoms with E-state index in [1.165, 1.54) is 5.56 Å². The first-order valence-corrected chi connectivity index (χ1v) is 5.35. The van der Waals surface area contributed by atoms with Crippen LogP contribution < -0.4 is 4.74 Å². The predicted octanol–water partition coefficient (Wildman–Crippen LogP) is 3.76. The Morgan fingerprint density at radius 3 is 2.50 bits per heavy atom. The molecule has 1 radical (unpaired) electrons. The summed E-state index contributed by atoms with van der Waals surface area (Å²) < 4.78 is 5.76. The van der Waals surface area contributed by atoms with E-state index in [4.69, 9.17) is 4.74 Å². The van der Waals surface area contributed by atoms with Gasteiger partial charge in [-0.25, -0.2) is 0 Å². The zero-order chi connectivity index (χ0) is 11.4. The fourth-order valence-corrected chi connectivity index (χ4v) is 1.55. The summed E-state index contributed by atoms with van der Waals surface area (Å²) in [6.07, 6.45) is 0. The summed E-state index contributed by atoms with van der Waals surface area (Å²) in [6.45, 7) is 6.59. The smallest absolute Gasteiger partial charge is 0.122 e. The summed E-state index contributed by atoms with van der Waals surface area (Å²) in [5.74, 6) is 0.913.